The van der Waals surface area contributed by atoms with E-state index in [2.05, 4.69) is 83.9 Å². The third-order valence-electron chi connectivity index (χ3n) is 8.17. The highest BCUT2D eigenvalue weighted by atomic mass is 16.5. The molecule has 0 aromatic heterocycles. The second-order valence-corrected chi connectivity index (χ2v) is 10.1. The first-order chi connectivity index (χ1) is 17.6. The molecule has 2 bridgehead atoms. The Labute approximate surface area is 214 Å². The summed E-state index contributed by atoms with van der Waals surface area (Å²) in [5, 5.41) is 14.1. The van der Waals surface area contributed by atoms with Crippen molar-refractivity contribution in [3.63, 3.8) is 0 Å². The number of benzene rings is 3. The van der Waals surface area contributed by atoms with E-state index in [0.717, 1.165) is 30.7 Å². The van der Waals surface area contributed by atoms with Crippen molar-refractivity contribution >= 4 is 5.97 Å². The second kappa shape index (κ2) is 10.9. The van der Waals surface area contributed by atoms with E-state index < -0.39 is 12.0 Å². The maximum Gasteiger partial charge on any atom is 0.320 e. The Morgan fingerprint density at radius 2 is 1.72 bits per heavy atom. The summed E-state index contributed by atoms with van der Waals surface area (Å²) in [4.78, 5) is 14.6. The number of rotatable bonds is 9. The number of carboxylic acids is 1. The van der Waals surface area contributed by atoms with Crippen molar-refractivity contribution in [3.05, 3.63) is 101 Å². The van der Waals surface area contributed by atoms with E-state index in [1.54, 1.807) is 7.11 Å². The molecule has 5 atom stereocenters. The van der Waals surface area contributed by atoms with Gasteiger partial charge in [0.25, 0.3) is 0 Å². The summed E-state index contributed by atoms with van der Waals surface area (Å²) in [5.41, 5.74) is 4.89. The fourth-order valence-corrected chi connectivity index (χ4v) is 6.43. The van der Waals surface area contributed by atoms with Crippen molar-refractivity contribution in [2.45, 2.75) is 56.8 Å². The molecule has 6 rings (SSSR count). The smallest absolute Gasteiger partial charge is 0.320 e. The lowest BCUT2D eigenvalue weighted by molar-refractivity contribution is -0.152. The average molecular weight is 485 g/mol. The highest BCUT2D eigenvalue weighted by Crippen LogP contribution is 2.44. The third-order valence-corrected chi connectivity index (χ3v) is 8.17. The molecule has 3 aliphatic rings. The van der Waals surface area contributed by atoms with Crippen LogP contribution in [0.4, 0.5) is 0 Å². The van der Waals surface area contributed by atoms with E-state index >= 15 is 0 Å². The summed E-state index contributed by atoms with van der Waals surface area (Å²) in [6, 6.07) is 27.3. The number of aliphatic carboxylic acids is 1. The number of hydrogen-bond donors (Lipinski definition) is 2. The molecule has 3 fully saturated rings. The first-order valence-electron chi connectivity index (χ1n) is 13.1. The number of methoxy groups -OCH3 is 1. The Morgan fingerprint density at radius 1 is 1.06 bits per heavy atom. The van der Waals surface area contributed by atoms with Crippen LogP contribution in [0.2, 0.25) is 0 Å². The maximum absolute atomic E-state index is 12.3. The van der Waals surface area contributed by atoms with Crippen LogP contribution in [0.25, 0.3) is 0 Å². The molecule has 2 N–H and O–H groups in total. The van der Waals surface area contributed by atoms with Crippen LogP contribution in [0.1, 0.15) is 47.9 Å². The minimum Gasteiger partial charge on any atom is -0.496 e. The van der Waals surface area contributed by atoms with E-state index in [1.807, 2.05) is 12.1 Å². The largest absolute Gasteiger partial charge is 0.496 e. The molecule has 0 saturated carbocycles. The highest BCUT2D eigenvalue weighted by Gasteiger charge is 2.52. The van der Waals surface area contributed by atoms with Crippen LogP contribution in [0.15, 0.2) is 78.9 Å². The Bertz CT molecular complexity index is 1130. The maximum atomic E-state index is 12.3. The molecule has 5 heteroatoms. The number of carbonyl (C=O) groups is 1. The van der Waals surface area contributed by atoms with Gasteiger partial charge in [-0.1, -0.05) is 79.7 Å². The molecule has 5 nitrogen and oxygen atoms in total. The minimum absolute atomic E-state index is 0.0313. The molecule has 0 aliphatic carbocycles. The predicted molar refractivity (Wildman–Crippen MR) is 142 cm³/mol. The lowest BCUT2D eigenvalue weighted by Gasteiger charge is -2.56. The van der Waals surface area contributed by atoms with E-state index in [-0.39, 0.29) is 18.0 Å². The number of piperidine rings is 3. The summed E-state index contributed by atoms with van der Waals surface area (Å²) in [5.74, 6) is 0.555. The Hall–Kier alpha value is -3.15. The monoisotopic (exact) mass is 484 g/mol. The SMILES string of the molecule is CCc1ccc(OC)c(CN[C@H]2C3CCN(C(C(=O)O)C3)[C@H]2C(c2ccccc2)c2ccccc2)c1. The molecule has 3 aromatic rings. The highest BCUT2D eigenvalue weighted by molar-refractivity contribution is 5.74. The third kappa shape index (κ3) is 4.78. The molecule has 3 aliphatic heterocycles. The van der Waals surface area contributed by atoms with Crippen LogP contribution in [-0.2, 0) is 17.8 Å². The standard InChI is InChI=1S/C31H36N2O3/c1-3-21-14-15-27(36-2)25(18-21)20-32-29-24-16-17-33(26(19-24)31(34)35)30(29)28(22-10-6-4-7-11-22)23-12-8-5-9-13-23/h4-15,18,24,26,28-30,32H,3,16-17,19-20H2,1-2H3,(H,34,35)/t24?,26?,29-,30-/m0/s1. The topological polar surface area (TPSA) is 61.8 Å². The van der Waals surface area contributed by atoms with Gasteiger partial charge in [-0.05, 0) is 54.5 Å². The lowest BCUT2D eigenvalue weighted by atomic mass is 9.68. The molecule has 3 saturated heterocycles. The second-order valence-electron chi connectivity index (χ2n) is 10.1. The molecule has 0 amide bonds. The van der Waals surface area contributed by atoms with E-state index in [4.69, 9.17) is 4.74 Å². The van der Waals surface area contributed by atoms with Crippen LogP contribution in [0.3, 0.4) is 0 Å². The van der Waals surface area contributed by atoms with Crippen molar-refractivity contribution in [1.82, 2.24) is 10.2 Å². The summed E-state index contributed by atoms with van der Waals surface area (Å²) >= 11 is 0. The van der Waals surface area contributed by atoms with Gasteiger partial charge in [0.2, 0.25) is 0 Å². The molecule has 36 heavy (non-hydrogen) atoms. The number of fused-ring (bicyclic) bond motifs is 3. The van der Waals surface area contributed by atoms with Crippen LogP contribution in [-0.4, -0.2) is 47.8 Å². The number of ether oxygens (including phenoxy) is 1. The normalized spacial score (nSPS) is 25.1. The van der Waals surface area contributed by atoms with Gasteiger partial charge in [0.15, 0.2) is 0 Å². The van der Waals surface area contributed by atoms with E-state index in [9.17, 15) is 9.90 Å². The zero-order valence-corrected chi connectivity index (χ0v) is 21.1. The van der Waals surface area contributed by atoms with Crippen molar-refractivity contribution in [2.75, 3.05) is 13.7 Å². The lowest BCUT2D eigenvalue weighted by Crippen LogP contribution is -2.69. The van der Waals surface area contributed by atoms with Crippen LogP contribution < -0.4 is 10.1 Å². The van der Waals surface area contributed by atoms with Gasteiger partial charge in [0, 0.05) is 30.1 Å². The summed E-state index contributed by atoms with van der Waals surface area (Å²) in [7, 11) is 1.72. The number of aryl methyl sites for hydroxylation is 1. The van der Waals surface area contributed by atoms with Gasteiger partial charge in [-0.15, -0.1) is 0 Å². The van der Waals surface area contributed by atoms with Crippen molar-refractivity contribution in [2.24, 2.45) is 5.92 Å². The van der Waals surface area contributed by atoms with E-state index in [1.165, 1.54) is 16.7 Å². The van der Waals surface area contributed by atoms with Gasteiger partial charge < -0.3 is 15.2 Å². The number of hydrogen-bond acceptors (Lipinski definition) is 4. The van der Waals surface area contributed by atoms with Gasteiger partial charge in [-0.25, -0.2) is 0 Å². The van der Waals surface area contributed by atoms with Crippen LogP contribution in [0.5, 0.6) is 5.75 Å². The summed E-state index contributed by atoms with van der Waals surface area (Å²) in [6.45, 7) is 3.67. The molecule has 3 heterocycles. The summed E-state index contributed by atoms with van der Waals surface area (Å²) in [6.07, 6.45) is 2.68. The van der Waals surface area contributed by atoms with Gasteiger partial charge in [-0.2, -0.15) is 0 Å². The molecule has 0 radical (unpaired) electrons. The molecule has 0 spiro atoms. The fourth-order valence-electron chi connectivity index (χ4n) is 6.43. The van der Waals surface area contributed by atoms with Gasteiger partial charge in [-0.3, -0.25) is 9.69 Å². The molecule has 188 valence electrons. The molecular formula is C31H36N2O3. The Kier molecular flexibility index (Phi) is 7.40. The van der Waals surface area contributed by atoms with Crippen molar-refractivity contribution < 1.29 is 14.6 Å². The summed E-state index contributed by atoms with van der Waals surface area (Å²) < 4.78 is 5.68. The first-order valence-corrected chi connectivity index (χ1v) is 13.1. The van der Waals surface area contributed by atoms with Crippen LogP contribution >= 0.6 is 0 Å². The molecule has 3 aromatic carbocycles. The zero-order chi connectivity index (χ0) is 25.1. The Morgan fingerprint density at radius 3 is 2.31 bits per heavy atom. The minimum atomic E-state index is -0.708. The number of nitrogens with zero attached hydrogens (tertiary/aromatic N) is 1. The average Bonchev–Trinajstić information content (AvgIpc) is 2.93. The number of carboxylic acid groups (broad SMARTS) is 1. The van der Waals surface area contributed by atoms with Crippen molar-refractivity contribution in [1.29, 1.82) is 0 Å². The van der Waals surface area contributed by atoms with Crippen molar-refractivity contribution in [3.8, 4) is 5.75 Å². The quantitative estimate of drug-likeness (QED) is 0.443. The number of nitrogens with one attached hydrogen (secondary N) is 1. The molecule has 3 unspecified atom stereocenters. The first kappa shape index (κ1) is 24.5. The zero-order valence-electron chi connectivity index (χ0n) is 21.1. The Balaban J connectivity index is 1.54. The van der Waals surface area contributed by atoms with Gasteiger partial charge >= 0.3 is 5.97 Å². The molecular weight excluding hydrogens is 448 g/mol. The fraction of sp³-hybridized carbons (Fsp3) is 0.387. The van der Waals surface area contributed by atoms with Crippen LogP contribution in [0, 0.1) is 5.92 Å². The van der Waals surface area contributed by atoms with Gasteiger partial charge in [0.05, 0.1) is 7.11 Å². The van der Waals surface area contributed by atoms with E-state index in [0.29, 0.717) is 18.9 Å². The predicted octanol–water partition coefficient (Wildman–Crippen LogP) is 5.10. The van der Waals surface area contributed by atoms with Gasteiger partial charge in [0.1, 0.15) is 11.8 Å².